The summed E-state index contributed by atoms with van der Waals surface area (Å²) in [6.07, 6.45) is 8.57. The van der Waals surface area contributed by atoms with E-state index in [1.807, 2.05) is 0 Å². The lowest BCUT2D eigenvalue weighted by molar-refractivity contribution is 0.187. The largest absolute Gasteiger partial charge is 0.382 e. The van der Waals surface area contributed by atoms with Crippen LogP contribution in [-0.4, -0.2) is 34.3 Å². The first-order valence-electron chi connectivity index (χ1n) is 10.8. The van der Waals surface area contributed by atoms with Crippen molar-refractivity contribution in [1.29, 1.82) is 0 Å². The smallest absolute Gasteiger partial charge is 0.158 e. The highest BCUT2D eigenvalue weighted by Crippen LogP contribution is 2.51. The number of benzene rings is 1. The fourth-order valence-corrected chi connectivity index (χ4v) is 6.34. The third kappa shape index (κ3) is 4.12. The van der Waals surface area contributed by atoms with Crippen LogP contribution in [0, 0.1) is 5.41 Å². The lowest BCUT2D eigenvalue weighted by Gasteiger charge is -2.42. The Hall–Kier alpha value is -2.20. The molecule has 3 heterocycles. The van der Waals surface area contributed by atoms with Gasteiger partial charge in [0.05, 0.1) is 11.2 Å². The highest BCUT2D eigenvalue weighted by Gasteiger charge is 2.46. The predicted octanol–water partition coefficient (Wildman–Crippen LogP) is 4.41. The fraction of sp³-hybridized carbons (Fsp3) is 0.348. The molecule has 7 nitrogen and oxygen atoms in total. The zero-order chi connectivity index (χ0) is 23.2. The maximum Gasteiger partial charge on any atom is 0.158 e. The number of anilines is 3. The van der Waals surface area contributed by atoms with Gasteiger partial charge in [0, 0.05) is 35.1 Å². The number of fused-ring (bicyclic) bond motifs is 1. The van der Waals surface area contributed by atoms with Crippen LogP contribution >= 0.6 is 35.1 Å². The first kappa shape index (κ1) is 22.6. The van der Waals surface area contributed by atoms with Crippen LogP contribution in [0.25, 0.3) is 0 Å². The summed E-state index contributed by atoms with van der Waals surface area (Å²) in [5.41, 5.74) is 21.7. The Bertz CT molecular complexity index is 1200. The Kier molecular flexibility index (Phi) is 6.07. The van der Waals surface area contributed by atoms with Crippen LogP contribution in [0.1, 0.15) is 30.0 Å². The number of hydrogen-bond donors (Lipinski definition) is 3. The van der Waals surface area contributed by atoms with Crippen molar-refractivity contribution in [3.63, 3.8) is 0 Å². The summed E-state index contributed by atoms with van der Waals surface area (Å²) in [7, 11) is 0. The highest BCUT2D eigenvalue weighted by molar-refractivity contribution is 7.99. The van der Waals surface area contributed by atoms with E-state index in [2.05, 4.69) is 44.3 Å². The van der Waals surface area contributed by atoms with Gasteiger partial charge in [0.1, 0.15) is 16.7 Å². The Morgan fingerprint density at radius 3 is 2.64 bits per heavy atom. The van der Waals surface area contributed by atoms with Crippen LogP contribution in [0.15, 0.2) is 51.5 Å². The normalized spacial score (nSPS) is 19.1. The van der Waals surface area contributed by atoms with Crippen LogP contribution in [0.3, 0.4) is 0 Å². The topological polar surface area (TPSA) is 120 Å². The first-order valence-corrected chi connectivity index (χ1v) is 13.2. The number of nitrogen functional groups attached to an aromatic ring is 2. The number of thioether (sulfide) groups is 1. The second-order valence-electron chi connectivity index (χ2n) is 8.60. The minimum Gasteiger partial charge on any atom is -0.382 e. The summed E-state index contributed by atoms with van der Waals surface area (Å²) in [4.78, 5) is 17.5. The van der Waals surface area contributed by atoms with E-state index in [1.165, 1.54) is 27.8 Å². The number of rotatable bonds is 4. The van der Waals surface area contributed by atoms with Gasteiger partial charge in [-0.15, -0.1) is 11.8 Å². The van der Waals surface area contributed by atoms with Gasteiger partial charge in [0.15, 0.2) is 5.82 Å². The van der Waals surface area contributed by atoms with Crippen molar-refractivity contribution < 1.29 is 0 Å². The van der Waals surface area contributed by atoms with Crippen LogP contribution in [-0.2, 0) is 6.42 Å². The van der Waals surface area contributed by atoms with E-state index in [9.17, 15) is 0 Å². The second-order valence-corrected chi connectivity index (χ2v) is 10.9. The molecule has 3 aromatic rings. The van der Waals surface area contributed by atoms with E-state index in [1.54, 1.807) is 30.2 Å². The maximum atomic E-state index is 6.80. The molecule has 1 fully saturated rings. The average Bonchev–Trinajstić information content (AvgIpc) is 3.09. The zero-order valence-electron chi connectivity index (χ0n) is 18.3. The second kappa shape index (κ2) is 8.87. The Labute approximate surface area is 206 Å². The molecule has 1 spiro atoms. The molecule has 0 bridgehead atoms. The number of pyridine rings is 1. The van der Waals surface area contributed by atoms with E-state index >= 15 is 0 Å². The molecule has 1 aliphatic carbocycles. The molecular formula is C23H26ClN7S2. The lowest BCUT2D eigenvalue weighted by atomic mass is 9.73. The van der Waals surface area contributed by atoms with Crippen molar-refractivity contribution in [3.8, 4) is 0 Å². The van der Waals surface area contributed by atoms with Gasteiger partial charge in [-0.1, -0.05) is 29.4 Å². The molecule has 0 saturated carbocycles. The van der Waals surface area contributed by atoms with E-state index in [-0.39, 0.29) is 17.3 Å². The molecule has 2 aliphatic rings. The molecule has 5 rings (SSSR count). The Balaban J connectivity index is 1.29. The summed E-state index contributed by atoms with van der Waals surface area (Å²) in [6, 6.07) is 8.60. The van der Waals surface area contributed by atoms with Gasteiger partial charge in [0.2, 0.25) is 0 Å². The van der Waals surface area contributed by atoms with Crippen LogP contribution in [0.5, 0.6) is 0 Å². The lowest BCUT2D eigenvalue weighted by Crippen LogP contribution is -2.44. The summed E-state index contributed by atoms with van der Waals surface area (Å²) in [5, 5.41) is 0.991. The van der Waals surface area contributed by atoms with Crippen LogP contribution in [0.2, 0.25) is 5.02 Å². The Morgan fingerprint density at radius 1 is 1.12 bits per heavy atom. The van der Waals surface area contributed by atoms with Crippen molar-refractivity contribution in [2.75, 3.05) is 35.7 Å². The van der Waals surface area contributed by atoms with Crippen molar-refractivity contribution >= 4 is 52.6 Å². The molecule has 0 radical (unpaired) electrons. The Morgan fingerprint density at radius 2 is 1.91 bits per heavy atom. The van der Waals surface area contributed by atoms with Crippen molar-refractivity contribution in [2.24, 2.45) is 11.1 Å². The van der Waals surface area contributed by atoms with E-state index in [0.717, 1.165) is 43.1 Å². The molecule has 1 unspecified atom stereocenters. The quantitative estimate of drug-likeness (QED) is 0.448. The number of halogens is 1. The third-order valence-corrected chi connectivity index (χ3v) is 9.11. The molecule has 1 aliphatic heterocycles. The fourth-order valence-electron chi connectivity index (χ4n) is 4.88. The molecule has 2 aromatic heterocycles. The number of piperidine rings is 1. The number of nitrogens with zero attached hydrogens (tertiary/aromatic N) is 4. The van der Waals surface area contributed by atoms with Gasteiger partial charge < -0.3 is 22.1 Å². The van der Waals surface area contributed by atoms with Gasteiger partial charge >= 0.3 is 0 Å². The van der Waals surface area contributed by atoms with Gasteiger partial charge in [-0.05, 0) is 60.3 Å². The summed E-state index contributed by atoms with van der Waals surface area (Å²) in [6.45, 7) is 1.76. The van der Waals surface area contributed by atoms with Gasteiger partial charge in [0.25, 0.3) is 0 Å². The molecule has 1 aromatic carbocycles. The van der Waals surface area contributed by atoms with Crippen molar-refractivity contribution in [2.45, 2.75) is 40.1 Å². The third-order valence-electron chi connectivity index (χ3n) is 6.81. The molecule has 1 saturated heterocycles. The number of nitrogens with two attached hydrogens (primary N) is 3. The summed E-state index contributed by atoms with van der Waals surface area (Å²) < 4.78 is 0. The average molecular weight is 500 g/mol. The number of hydrogen-bond acceptors (Lipinski definition) is 9. The van der Waals surface area contributed by atoms with Crippen molar-refractivity contribution in [1.82, 2.24) is 15.0 Å². The molecule has 33 heavy (non-hydrogen) atoms. The van der Waals surface area contributed by atoms with Crippen molar-refractivity contribution in [3.05, 3.63) is 52.8 Å². The minimum atomic E-state index is 0.0780. The van der Waals surface area contributed by atoms with Gasteiger partial charge in [-0.25, -0.2) is 15.0 Å². The SMILES string of the molecule is CSc1ccc2c(c1)C(N)C1(CCN(c3cnc(Sc4ccnc(N)c4Cl)c(N)n3)CC1)C2. The zero-order valence-corrected chi connectivity index (χ0v) is 20.7. The maximum absolute atomic E-state index is 6.80. The van der Waals surface area contributed by atoms with Crippen LogP contribution < -0.4 is 22.1 Å². The predicted molar refractivity (Wildman–Crippen MR) is 137 cm³/mol. The molecule has 10 heteroatoms. The molecule has 6 N–H and O–H groups in total. The van der Waals surface area contributed by atoms with Gasteiger partial charge in [-0.2, -0.15) is 0 Å². The molecular weight excluding hydrogens is 474 g/mol. The van der Waals surface area contributed by atoms with Gasteiger partial charge in [-0.3, -0.25) is 0 Å². The molecule has 172 valence electrons. The molecule has 0 amide bonds. The molecule has 1 atom stereocenters. The monoisotopic (exact) mass is 499 g/mol. The summed E-state index contributed by atoms with van der Waals surface area (Å²) >= 11 is 9.35. The standard InChI is InChI=1S/C23H26ClN7S2/c1-32-14-3-2-13-11-23(19(25)15(13)10-14)5-8-31(9-6-23)17-12-29-22(21(27)30-17)33-16-4-7-28-20(26)18(16)24/h2-4,7,10,12,19H,5-6,8-9,11,25H2,1H3,(H2,26,28)(H2,27,30). The van der Waals surface area contributed by atoms with E-state index < -0.39 is 0 Å². The first-order chi connectivity index (χ1) is 15.9. The highest BCUT2D eigenvalue weighted by atomic mass is 35.5. The summed E-state index contributed by atoms with van der Waals surface area (Å²) in [5.74, 6) is 1.45. The van der Waals surface area contributed by atoms with E-state index in [4.69, 9.17) is 28.8 Å². The van der Waals surface area contributed by atoms with E-state index in [0.29, 0.717) is 15.9 Å². The van der Waals surface area contributed by atoms with Crippen LogP contribution in [0.4, 0.5) is 17.5 Å². The number of aromatic nitrogens is 3. The minimum absolute atomic E-state index is 0.0780.